The van der Waals surface area contributed by atoms with E-state index >= 15 is 0 Å². The van der Waals surface area contributed by atoms with Crippen molar-refractivity contribution >= 4 is 5.91 Å². The van der Waals surface area contributed by atoms with Crippen LogP contribution >= 0.6 is 0 Å². The van der Waals surface area contributed by atoms with E-state index in [1.165, 1.54) is 12.5 Å². The molecule has 0 spiro atoms. The van der Waals surface area contributed by atoms with Gasteiger partial charge in [-0.05, 0) is 55.4 Å². The molecule has 0 saturated carbocycles. The summed E-state index contributed by atoms with van der Waals surface area (Å²) in [5, 5.41) is 3.34. The maximum absolute atomic E-state index is 13.2. The first-order chi connectivity index (χ1) is 9.74. The summed E-state index contributed by atoms with van der Waals surface area (Å²) >= 11 is 0. The predicted octanol–water partition coefficient (Wildman–Crippen LogP) is 2.42. The van der Waals surface area contributed by atoms with Gasteiger partial charge in [0, 0.05) is 19.1 Å². The molecule has 1 aliphatic carbocycles. The molecule has 20 heavy (non-hydrogen) atoms. The van der Waals surface area contributed by atoms with Gasteiger partial charge >= 0.3 is 0 Å². The quantitative estimate of drug-likeness (QED) is 0.919. The Morgan fingerprint density at radius 1 is 1.30 bits per heavy atom. The SMILES string of the molecule is O=C(CNC1CCc2cc(F)ccc21)N1CCCCC1. The first-order valence-corrected chi connectivity index (χ1v) is 7.53. The summed E-state index contributed by atoms with van der Waals surface area (Å²) in [6.07, 6.45) is 5.32. The summed E-state index contributed by atoms with van der Waals surface area (Å²) < 4.78 is 13.2. The summed E-state index contributed by atoms with van der Waals surface area (Å²) in [7, 11) is 0. The molecule has 1 fully saturated rings. The molecule has 1 unspecified atom stereocenters. The second-order valence-electron chi connectivity index (χ2n) is 5.76. The molecule has 3 rings (SSSR count). The van der Waals surface area contributed by atoms with E-state index in [0.29, 0.717) is 6.54 Å². The molecule has 1 aromatic carbocycles. The van der Waals surface area contributed by atoms with Gasteiger partial charge in [-0.3, -0.25) is 4.79 Å². The number of likely N-dealkylation sites (tertiary alicyclic amines) is 1. The van der Waals surface area contributed by atoms with E-state index in [-0.39, 0.29) is 17.8 Å². The number of halogens is 1. The van der Waals surface area contributed by atoms with Gasteiger partial charge < -0.3 is 10.2 Å². The number of aryl methyl sites for hydroxylation is 1. The van der Waals surface area contributed by atoms with Gasteiger partial charge in [0.05, 0.1) is 6.54 Å². The van der Waals surface area contributed by atoms with Crippen molar-refractivity contribution in [1.82, 2.24) is 10.2 Å². The molecule has 1 amide bonds. The van der Waals surface area contributed by atoms with Crippen LogP contribution in [0.3, 0.4) is 0 Å². The summed E-state index contributed by atoms with van der Waals surface area (Å²) in [5.41, 5.74) is 2.23. The van der Waals surface area contributed by atoms with Crippen LogP contribution in [-0.2, 0) is 11.2 Å². The number of hydrogen-bond donors (Lipinski definition) is 1. The van der Waals surface area contributed by atoms with Crippen LogP contribution in [0.4, 0.5) is 4.39 Å². The molecule has 0 radical (unpaired) electrons. The fraction of sp³-hybridized carbons (Fsp3) is 0.562. The molecule has 1 N–H and O–H groups in total. The Hall–Kier alpha value is -1.42. The van der Waals surface area contributed by atoms with E-state index in [0.717, 1.165) is 49.9 Å². The number of carbonyl (C=O) groups excluding carboxylic acids is 1. The molecule has 1 heterocycles. The smallest absolute Gasteiger partial charge is 0.236 e. The molecule has 1 aromatic rings. The minimum atomic E-state index is -0.172. The third kappa shape index (κ3) is 2.85. The standard InChI is InChI=1S/C16H21FN2O/c17-13-5-6-14-12(10-13)4-7-15(14)18-11-16(20)19-8-2-1-3-9-19/h5-6,10,15,18H,1-4,7-9,11H2. The van der Waals surface area contributed by atoms with Crippen LogP contribution in [-0.4, -0.2) is 30.4 Å². The van der Waals surface area contributed by atoms with Crippen LogP contribution in [0.25, 0.3) is 0 Å². The Balaban J connectivity index is 1.56. The molecule has 1 atom stereocenters. The summed E-state index contributed by atoms with van der Waals surface area (Å²) in [5.74, 6) is 0.0223. The molecular weight excluding hydrogens is 255 g/mol. The van der Waals surface area contributed by atoms with Crippen LogP contribution in [0, 0.1) is 5.82 Å². The maximum atomic E-state index is 13.2. The van der Waals surface area contributed by atoms with Crippen molar-refractivity contribution in [3.05, 3.63) is 35.1 Å². The molecular formula is C16H21FN2O. The highest BCUT2D eigenvalue weighted by atomic mass is 19.1. The fourth-order valence-corrected chi connectivity index (χ4v) is 3.26. The number of nitrogens with zero attached hydrogens (tertiary/aromatic N) is 1. The molecule has 1 aliphatic heterocycles. The molecule has 0 bridgehead atoms. The van der Waals surface area contributed by atoms with E-state index in [9.17, 15) is 9.18 Å². The Labute approximate surface area is 119 Å². The molecule has 1 saturated heterocycles. The largest absolute Gasteiger partial charge is 0.342 e. The highest BCUT2D eigenvalue weighted by Gasteiger charge is 2.24. The lowest BCUT2D eigenvalue weighted by atomic mass is 10.1. The van der Waals surface area contributed by atoms with Crippen LogP contribution in [0.15, 0.2) is 18.2 Å². The average Bonchev–Trinajstić information content (AvgIpc) is 2.88. The second kappa shape index (κ2) is 5.92. The van der Waals surface area contributed by atoms with E-state index in [1.807, 2.05) is 11.0 Å². The highest BCUT2D eigenvalue weighted by Crippen LogP contribution is 2.31. The van der Waals surface area contributed by atoms with Gasteiger partial charge in [-0.15, -0.1) is 0 Å². The second-order valence-corrected chi connectivity index (χ2v) is 5.76. The number of fused-ring (bicyclic) bond motifs is 1. The van der Waals surface area contributed by atoms with Crippen molar-refractivity contribution in [2.45, 2.75) is 38.1 Å². The van der Waals surface area contributed by atoms with Crippen LogP contribution in [0.5, 0.6) is 0 Å². The van der Waals surface area contributed by atoms with E-state index < -0.39 is 0 Å². The molecule has 4 heteroatoms. The Kier molecular flexibility index (Phi) is 4.01. The number of carbonyl (C=O) groups is 1. The Morgan fingerprint density at radius 2 is 2.10 bits per heavy atom. The van der Waals surface area contributed by atoms with Crippen molar-refractivity contribution < 1.29 is 9.18 Å². The zero-order valence-corrected chi connectivity index (χ0v) is 11.7. The minimum absolute atomic E-state index is 0.172. The van der Waals surface area contributed by atoms with E-state index in [2.05, 4.69) is 5.32 Å². The van der Waals surface area contributed by atoms with Crippen LogP contribution in [0.2, 0.25) is 0 Å². The average molecular weight is 276 g/mol. The highest BCUT2D eigenvalue weighted by molar-refractivity contribution is 5.78. The zero-order valence-electron chi connectivity index (χ0n) is 11.7. The van der Waals surface area contributed by atoms with Crippen molar-refractivity contribution in [2.75, 3.05) is 19.6 Å². The van der Waals surface area contributed by atoms with Crippen molar-refractivity contribution in [2.24, 2.45) is 0 Å². The summed E-state index contributed by atoms with van der Waals surface area (Å²) in [6, 6.07) is 5.16. The van der Waals surface area contributed by atoms with Gasteiger partial charge in [-0.25, -0.2) is 4.39 Å². The van der Waals surface area contributed by atoms with Crippen LogP contribution in [0.1, 0.15) is 42.9 Å². The Morgan fingerprint density at radius 3 is 2.90 bits per heavy atom. The summed E-state index contributed by atoms with van der Waals surface area (Å²) in [4.78, 5) is 14.1. The van der Waals surface area contributed by atoms with Gasteiger partial charge in [0.25, 0.3) is 0 Å². The van der Waals surface area contributed by atoms with Gasteiger partial charge in [-0.2, -0.15) is 0 Å². The maximum Gasteiger partial charge on any atom is 0.236 e. The fourth-order valence-electron chi connectivity index (χ4n) is 3.26. The van der Waals surface area contributed by atoms with Gasteiger partial charge in [0.1, 0.15) is 5.82 Å². The molecule has 2 aliphatic rings. The lowest BCUT2D eigenvalue weighted by Gasteiger charge is -2.27. The molecule has 3 nitrogen and oxygen atoms in total. The third-order valence-corrected chi connectivity index (χ3v) is 4.39. The van der Waals surface area contributed by atoms with Crippen molar-refractivity contribution in [3.63, 3.8) is 0 Å². The number of rotatable bonds is 3. The van der Waals surface area contributed by atoms with Gasteiger partial charge in [0.2, 0.25) is 5.91 Å². The first-order valence-electron chi connectivity index (χ1n) is 7.53. The number of hydrogen-bond acceptors (Lipinski definition) is 2. The third-order valence-electron chi connectivity index (χ3n) is 4.39. The topological polar surface area (TPSA) is 32.3 Å². The van der Waals surface area contributed by atoms with Crippen molar-refractivity contribution in [1.29, 1.82) is 0 Å². The van der Waals surface area contributed by atoms with E-state index in [4.69, 9.17) is 0 Å². The minimum Gasteiger partial charge on any atom is -0.342 e. The lowest BCUT2D eigenvalue weighted by Crippen LogP contribution is -2.41. The number of piperidine rings is 1. The summed E-state index contributed by atoms with van der Waals surface area (Å²) in [6.45, 7) is 2.18. The van der Waals surface area contributed by atoms with Crippen molar-refractivity contribution in [3.8, 4) is 0 Å². The number of amides is 1. The van der Waals surface area contributed by atoms with E-state index in [1.54, 1.807) is 6.07 Å². The molecule has 108 valence electrons. The zero-order chi connectivity index (χ0) is 13.9. The van der Waals surface area contributed by atoms with Gasteiger partial charge in [0.15, 0.2) is 0 Å². The Bertz CT molecular complexity index is 497. The molecule has 0 aromatic heterocycles. The number of nitrogens with one attached hydrogen (secondary N) is 1. The number of benzene rings is 1. The van der Waals surface area contributed by atoms with Gasteiger partial charge in [-0.1, -0.05) is 6.07 Å². The lowest BCUT2D eigenvalue weighted by molar-refractivity contribution is -0.131. The first kappa shape index (κ1) is 13.6. The van der Waals surface area contributed by atoms with Crippen LogP contribution < -0.4 is 5.32 Å². The normalized spacial score (nSPS) is 21.9. The monoisotopic (exact) mass is 276 g/mol. The predicted molar refractivity (Wildman–Crippen MR) is 75.9 cm³/mol.